The second-order valence-corrected chi connectivity index (χ2v) is 5.16. The maximum atomic E-state index is 13.4. The topological polar surface area (TPSA) is 21.3 Å². The normalized spacial score (nSPS) is 12.4. The van der Waals surface area contributed by atoms with Crippen molar-refractivity contribution < 1.29 is 9.13 Å². The highest BCUT2D eigenvalue weighted by Gasteiger charge is 2.10. The van der Waals surface area contributed by atoms with E-state index in [1.807, 2.05) is 0 Å². The van der Waals surface area contributed by atoms with Crippen molar-refractivity contribution in [1.29, 1.82) is 0 Å². The first-order valence-corrected chi connectivity index (χ1v) is 7.29. The molecule has 18 heavy (non-hydrogen) atoms. The quantitative estimate of drug-likeness (QED) is 0.728. The number of nitrogens with one attached hydrogen (secondary N) is 1. The van der Waals surface area contributed by atoms with Gasteiger partial charge < -0.3 is 10.1 Å². The van der Waals surface area contributed by atoms with Crippen molar-refractivity contribution in [3.8, 4) is 5.75 Å². The molecule has 0 radical (unpaired) electrons. The summed E-state index contributed by atoms with van der Waals surface area (Å²) in [4.78, 5) is 0. The monoisotopic (exact) mass is 317 g/mol. The third-order valence-electron chi connectivity index (χ3n) is 2.60. The van der Waals surface area contributed by atoms with Crippen LogP contribution in [0.25, 0.3) is 0 Å². The molecule has 1 unspecified atom stereocenters. The molecule has 1 N–H and O–H groups in total. The molecular weight excluding hydrogens is 297 g/mol. The summed E-state index contributed by atoms with van der Waals surface area (Å²) in [5, 5.41) is 3.34. The van der Waals surface area contributed by atoms with Crippen LogP contribution in [-0.4, -0.2) is 19.2 Å². The minimum Gasteiger partial charge on any atom is -0.489 e. The summed E-state index contributed by atoms with van der Waals surface area (Å²) in [6.45, 7) is 6.04. The van der Waals surface area contributed by atoms with Crippen molar-refractivity contribution in [1.82, 2.24) is 5.32 Å². The molecule has 0 bridgehead atoms. The van der Waals surface area contributed by atoms with Crippen molar-refractivity contribution >= 4 is 15.9 Å². The molecular formula is C14H21BrFNO. The Kier molecular flexibility index (Phi) is 7.28. The highest BCUT2D eigenvalue weighted by molar-refractivity contribution is 9.10. The summed E-state index contributed by atoms with van der Waals surface area (Å²) in [5.74, 6) is 0.303. The Labute approximate surface area is 117 Å². The van der Waals surface area contributed by atoms with Crippen LogP contribution in [0.3, 0.4) is 0 Å². The lowest BCUT2D eigenvalue weighted by Crippen LogP contribution is -2.31. The molecule has 1 aromatic carbocycles. The van der Waals surface area contributed by atoms with E-state index in [1.54, 1.807) is 12.1 Å². The minimum atomic E-state index is -0.288. The highest BCUT2D eigenvalue weighted by Crippen LogP contribution is 2.22. The van der Waals surface area contributed by atoms with E-state index in [9.17, 15) is 4.39 Å². The zero-order valence-corrected chi connectivity index (χ0v) is 12.6. The van der Waals surface area contributed by atoms with E-state index < -0.39 is 0 Å². The molecule has 0 fully saturated rings. The summed E-state index contributed by atoms with van der Waals surface area (Å²) in [5.41, 5.74) is 0. The SMILES string of the molecule is CCCNCC(CCC)Oc1ccc(Br)c(F)c1. The largest absolute Gasteiger partial charge is 0.489 e. The van der Waals surface area contributed by atoms with Crippen LogP contribution in [0.2, 0.25) is 0 Å². The predicted octanol–water partition coefficient (Wildman–Crippen LogP) is 4.14. The number of hydrogen-bond acceptors (Lipinski definition) is 2. The van der Waals surface area contributed by atoms with Crippen LogP contribution in [0.15, 0.2) is 22.7 Å². The molecule has 2 nitrogen and oxygen atoms in total. The van der Waals surface area contributed by atoms with Gasteiger partial charge in [0.15, 0.2) is 0 Å². The lowest BCUT2D eigenvalue weighted by Gasteiger charge is -2.19. The fourth-order valence-electron chi connectivity index (χ4n) is 1.71. The van der Waals surface area contributed by atoms with Crippen LogP contribution >= 0.6 is 15.9 Å². The average molecular weight is 318 g/mol. The predicted molar refractivity (Wildman–Crippen MR) is 76.6 cm³/mol. The van der Waals surface area contributed by atoms with Crippen LogP contribution in [0, 0.1) is 5.82 Å². The zero-order valence-electron chi connectivity index (χ0n) is 11.0. The molecule has 1 atom stereocenters. The molecule has 4 heteroatoms. The highest BCUT2D eigenvalue weighted by atomic mass is 79.9. The maximum Gasteiger partial charge on any atom is 0.141 e. The smallest absolute Gasteiger partial charge is 0.141 e. The van der Waals surface area contributed by atoms with E-state index >= 15 is 0 Å². The first kappa shape index (κ1) is 15.4. The molecule has 0 aliphatic rings. The van der Waals surface area contributed by atoms with Crippen LogP contribution < -0.4 is 10.1 Å². The lowest BCUT2D eigenvalue weighted by molar-refractivity contribution is 0.186. The van der Waals surface area contributed by atoms with Crippen molar-refractivity contribution in [2.75, 3.05) is 13.1 Å². The van der Waals surface area contributed by atoms with Gasteiger partial charge in [-0.3, -0.25) is 0 Å². The number of hydrogen-bond donors (Lipinski definition) is 1. The van der Waals surface area contributed by atoms with Crippen molar-refractivity contribution in [3.05, 3.63) is 28.5 Å². The molecule has 0 aromatic heterocycles. The Hall–Kier alpha value is -0.610. The van der Waals surface area contributed by atoms with Gasteiger partial charge in [-0.25, -0.2) is 4.39 Å². The lowest BCUT2D eigenvalue weighted by atomic mass is 10.2. The van der Waals surface area contributed by atoms with E-state index in [0.717, 1.165) is 32.4 Å². The first-order valence-electron chi connectivity index (χ1n) is 6.49. The van der Waals surface area contributed by atoms with Gasteiger partial charge in [0, 0.05) is 12.6 Å². The third kappa shape index (κ3) is 5.36. The number of ether oxygens (including phenoxy) is 1. The van der Waals surface area contributed by atoms with Gasteiger partial charge >= 0.3 is 0 Å². The molecule has 0 spiro atoms. The second-order valence-electron chi connectivity index (χ2n) is 4.31. The van der Waals surface area contributed by atoms with Crippen molar-refractivity contribution in [2.24, 2.45) is 0 Å². The van der Waals surface area contributed by atoms with E-state index in [-0.39, 0.29) is 11.9 Å². The summed E-state index contributed by atoms with van der Waals surface area (Å²) in [6, 6.07) is 4.88. The second kappa shape index (κ2) is 8.48. The molecule has 102 valence electrons. The number of halogens is 2. The van der Waals surface area contributed by atoms with E-state index in [1.165, 1.54) is 6.07 Å². The molecule has 0 aliphatic heterocycles. The van der Waals surface area contributed by atoms with Gasteiger partial charge in [0.2, 0.25) is 0 Å². The van der Waals surface area contributed by atoms with Crippen LogP contribution in [-0.2, 0) is 0 Å². The first-order chi connectivity index (χ1) is 8.67. The minimum absolute atomic E-state index is 0.0992. The van der Waals surface area contributed by atoms with Crippen LogP contribution in [0.1, 0.15) is 33.1 Å². The number of benzene rings is 1. The number of rotatable bonds is 8. The van der Waals surface area contributed by atoms with Crippen molar-refractivity contribution in [2.45, 2.75) is 39.2 Å². The fraction of sp³-hybridized carbons (Fsp3) is 0.571. The summed E-state index contributed by atoms with van der Waals surface area (Å²) in [6.07, 6.45) is 3.22. The Balaban J connectivity index is 2.55. The third-order valence-corrected chi connectivity index (χ3v) is 3.25. The van der Waals surface area contributed by atoms with E-state index in [0.29, 0.717) is 10.2 Å². The van der Waals surface area contributed by atoms with E-state index in [2.05, 4.69) is 35.1 Å². The zero-order chi connectivity index (χ0) is 13.4. The van der Waals surface area contributed by atoms with Crippen LogP contribution in [0.4, 0.5) is 4.39 Å². The van der Waals surface area contributed by atoms with E-state index in [4.69, 9.17) is 4.74 Å². The van der Waals surface area contributed by atoms with Crippen molar-refractivity contribution in [3.63, 3.8) is 0 Å². The molecule has 0 saturated carbocycles. The maximum absolute atomic E-state index is 13.4. The molecule has 1 aromatic rings. The summed E-state index contributed by atoms with van der Waals surface area (Å²) >= 11 is 3.13. The Bertz CT molecular complexity index is 360. The van der Waals surface area contributed by atoms with Gasteiger partial charge in [0.25, 0.3) is 0 Å². The van der Waals surface area contributed by atoms with Crippen LogP contribution in [0.5, 0.6) is 5.75 Å². The van der Waals surface area contributed by atoms with Gasteiger partial charge in [0.05, 0.1) is 4.47 Å². The fourth-order valence-corrected chi connectivity index (χ4v) is 1.95. The molecule has 0 saturated heterocycles. The summed E-state index contributed by atoms with van der Waals surface area (Å²) in [7, 11) is 0. The average Bonchev–Trinajstić information content (AvgIpc) is 2.34. The van der Waals surface area contributed by atoms with Gasteiger partial charge in [0.1, 0.15) is 17.7 Å². The molecule has 0 amide bonds. The Morgan fingerprint density at radius 2 is 2.11 bits per heavy atom. The Morgan fingerprint density at radius 3 is 2.72 bits per heavy atom. The standard InChI is InChI=1S/C14H21BrFNO/c1-3-5-12(10-17-8-4-2)18-11-6-7-13(15)14(16)9-11/h6-7,9,12,17H,3-5,8,10H2,1-2H3. The van der Waals surface area contributed by atoms with Gasteiger partial charge in [-0.15, -0.1) is 0 Å². The van der Waals surface area contributed by atoms with Gasteiger partial charge in [-0.05, 0) is 47.4 Å². The molecule has 0 aliphatic carbocycles. The van der Waals surface area contributed by atoms with Gasteiger partial charge in [-0.2, -0.15) is 0 Å². The molecule has 0 heterocycles. The Morgan fingerprint density at radius 1 is 1.33 bits per heavy atom. The summed E-state index contributed by atoms with van der Waals surface area (Å²) < 4.78 is 19.7. The van der Waals surface area contributed by atoms with Gasteiger partial charge in [-0.1, -0.05) is 20.3 Å². The molecule has 1 rings (SSSR count).